The van der Waals surface area contributed by atoms with Crippen LogP contribution in [0.1, 0.15) is 28.7 Å². The summed E-state index contributed by atoms with van der Waals surface area (Å²) in [5.41, 5.74) is 6.76. The van der Waals surface area contributed by atoms with Crippen LogP contribution in [0.15, 0.2) is 42.6 Å². The first-order valence-corrected chi connectivity index (χ1v) is 10.1. The van der Waals surface area contributed by atoms with Crippen molar-refractivity contribution in [2.24, 2.45) is 5.92 Å². The topological polar surface area (TPSA) is 65.2 Å². The predicted molar refractivity (Wildman–Crippen MR) is 116 cm³/mol. The Labute approximate surface area is 171 Å². The van der Waals surface area contributed by atoms with Gasteiger partial charge in [0.15, 0.2) is 0 Å². The van der Waals surface area contributed by atoms with E-state index in [2.05, 4.69) is 42.3 Å². The van der Waals surface area contributed by atoms with Gasteiger partial charge in [0.2, 0.25) is 11.8 Å². The van der Waals surface area contributed by atoms with Crippen molar-refractivity contribution in [1.29, 1.82) is 0 Å². The van der Waals surface area contributed by atoms with Gasteiger partial charge in [-0.15, -0.1) is 0 Å². The fourth-order valence-electron chi connectivity index (χ4n) is 3.99. The normalized spacial score (nSPS) is 16.6. The molecule has 29 heavy (non-hydrogen) atoms. The van der Waals surface area contributed by atoms with E-state index in [4.69, 9.17) is 0 Å². The minimum atomic E-state index is -0.297. The largest absolute Gasteiger partial charge is 0.361 e. The summed E-state index contributed by atoms with van der Waals surface area (Å²) in [7, 11) is 0. The number of anilines is 1. The van der Waals surface area contributed by atoms with Crippen LogP contribution in [-0.4, -0.2) is 29.9 Å². The number of hydrogen-bond donors (Lipinski definition) is 2. The summed E-state index contributed by atoms with van der Waals surface area (Å²) in [6.07, 6.45) is 3.04. The Hall–Kier alpha value is -3.08. The highest BCUT2D eigenvalue weighted by Gasteiger charge is 2.35. The summed E-state index contributed by atoms with van der Waals surface area (Å²) in [4.78, 5) is 30.1. The molecule has 1 atom stereocenters. The average Bonchev–Trinajstić information content (AvgIpc) is 3.27. The number of carbonyl (C=O) groups excluding carboxylic acids is 2. The minimum Gasteiger partial charge on any atom is -0.361 e. The van der Waals surface area contributed by atoms with Gasteiger partial charge in [-0.05, 0) is 68.1 Å². The van der Waals surface area contributed by atoms with Gasteiger partial charge >= 0.3 is 0 Å². The van der Waals surface area contributed by atoms with Crippen molar-refractivity contribution >= 4 is 28.4 Å². The molecule has 1 fully saturated rings. The maximum Gasteiger partial charge on any atom is 0.227 e. The Kier molecular flexibility index (Phi) is 5.14. The fourth-order valence-corrected chi connectivity index (χ4v) is 3.99. The molecule has 150 valence electrons. The fraction of sp³-hybridized carbons (Fsp3) is 0.333. The van der Waals surface area contributed by atoms with Gasteiger partial charge in [-0.25, -0.2) is 0 Å². The van der Waals surface area contributed by atoms with Crippen molar-refractivity contribution in [3.05, 3.63) is 64.8 Å². The highest BCUT2D eigenvalue weighted by atomic mass is 16.2. The molecule has 2 aromatic carbocycles. The second-order valence-corrected chi connectivity index (χ2v) is 8.08. The van der Waals surface area contributed by atoms with Crippen LogP contribution in [-0.2, 0) is 16.0 Å². The van der Waals surface area contributed by atoms with E-state index in [0.29, 0.717) is 13.1 Å². The standard InChI is InChI=1S/C24H27N3O2/c1-15-4-7-22-21(10-15)18(13-26-22)8-9-25-24(29)19-12-23(28)27(14-19)20-6-5-16(2)17(3)11-20/h4-7,10-11,13,19,26H,8-9,12,14H2,1-3H3,(H,25,29)/t19-/m0/s1. The molecule has 2 N–H and O–H groups in total. The van der Waals surface area contributed by atoms with Crippen molar-refractivity contribution in [3.63, 3.8) is 0 Å². The molecule has 2 amide bonds. The summed E-state index contributed by atoms with van der Waals surface area (Å²) in [6, 6.07) is 12.3. The van der Waals surface area contributed by atoms with Crippen molar-refractivity contribution in [2.75, 3.05) is 18.0 Å². The van der Waals surface area contributed by atoms with Crippen LogP contribution < -0.4 is 10.2 Å². The van der Waals surface area contributed by atoms with Gasteiger partial charge in [-0.2, -0.15) is 0 Å². The van der Waals surface area contributed by atoms with Crippen LogP contribution in [0.2, 0.25) is 0 Å². The van der Waals surface area contributed by atoms with Crippen LogP contribution in [0.5, 0.6) is 0 Å². The lowest BCUT2D eigenvalue weighted by molar-refractivity contribution is -0.126. The molecule has 0 unspecified atom stereocenters. The number of amides is 2. The number of H-pyrrole nitrogens is 1. The van der Waals surface area contributed by atoms with E-state index >= 15 is 0 Å². The third-order valence-electron chi connectivity index (χ3n) is 5.91. The third kappa shape index (κ3) is 3.90. The number of aryl methyl sites for hydroxylation is 3. The van der Waals surface area contributed by atoms with Gasteiger partial charge in [-0.1, -0.05) is 17.7 Å². The zero-order chi connectivity index (χ0) is 20.5. The maximum absolute atomic E-state index is 12.6. The lowest BCUT2D eigenvalue weighted by Gasteiger charge is -2.18. The maximum atomic E-state index is 12.6. The Bertz CT molecular complexity index is 1080. The van der Waals surface area contributed by atoms with E-state index < -0.39 is 0 Å². The first-order valence-electron chi connectivity index (χ1n) is 10.1. The van der Waals surface area contributed by atoms with Gasteiger partial charge < -0.3 is 15.2 Å². The lowest BCUT2D eigenvalue weighted by Crippen LogP contribution is -2.34. The molecule has 5 nitrogen and oxygen atoms in total. The Morgan fingerprint density at radius 1 is 1.14 bits per heavy atom. The molecular weight excluding hydrogens is 362 g/mol. The van der Waals surface area contributed by atoms with E-state index in [9.17, 15) is 9.59 Å². The molecule has 1 aliphatic heterocycles. The van der Waals surface area contributed by atoms with Gasteiger partial charge in [0.25, 0.3) is 0 Å². The van der Waals surface area contributed by atoms with E-state index in [0.717, 1.165) is 23.2 Å². The summed E-state index contributed by atoms with van der Waals surface area (Å²) < 4.78 is 0. The highest BCUT2D eigenvalue weighted by molar-refractivity contribution is 6.00. The first-order chi connectivity index (χ1) is 13.9. The molecule has 1 aliphatic rings. The van der Waals surface area contributed by atoms with Crippen LogP contribution in [0.3, 0.4) is 0 Å². The van der Waals surface area contributed by atoms with Crippen LogP contribution >= 0.6 is 0 Å². The molecule has 1 aromatic heterocycles. The van der Waals surface area contributed by atoms with Crippen molar-refractivity contribution in [1.82, 2.24) is 10.3 Å². The van der Waals surface area contributed by atoms with Crippen LogP contribution in [0, 0.1) is 26.7 Å². The quantitative estimate of drug-likeness (QED) is 0.697. The lowest BCUT2D eigenvalue weighted by atomic mass is 10.1. The number of nitrogens with zero attached hydrogens (tertiary/aromatic N) is 1. The van der Waals surface area contributed by atoms with E-state index in [1.165, 1.54) is 22.1 Å². The van der Waals surface area contributed by atoms with Gasteiger partial charge in [-0.3, -0.25) is 9.59 Å². The highest BCUT2D eigenvalue weighted by Crippen LogP contribution is 2.27. The number of aromatic nitrogens is 1. The molecule has 0 radical (unpaired) electrons. The number of benzene rings is 2. The zero-order valence-corrected chi connectivity index (χ0v) is 17.2. The van der Waals surface area contributed by atoms with Crippen LogP contribution in [0.25, 0.3) is 10.9 Å². The number of hydrogen-bond acceptors (Lipinski definition) is 2. The molecule has 0 bridgehead atoms. The summed E-state index contributed by atoms with van der Waals surface area (Å²) >= 11 is 0. The molecule has 0 saturated carbocycles. The predicted octanol–water partition coefficient (Wildman–Crippen LogP) is 3.80. The SMILES string of the molecule is Cc1ccc2[nH]cc(CCNC(=O)[C@H]3CC(=O)N(c4ccc(C)c(C)c4)C3)c2c1. The number of carbonyl (C=O) groups is 2. The second kappa shape index (κ2) is 7.74. The molecule has 2 heterocycles. The van der Waals surface area contributed by atoms with Crippen molar-refractivity contribution < 1.29 is 9.59 Å². The summed E-state index contributed by atoms with van der Waals surface area (Å²) in [6.45, 7) is 7.18. The van der Waals surface area contributed by atoms with Crippen molar-refractivity contribution in [2.45, 2.75) is 33.6 Å². The Morgan fingerprint density at radius 2 is 1.97 bits per heavy atom. The zero-order valence-electron chi connectivity index (χ0n) is 17.2. The number of fused-ring (bicyclic) bond motifs is 1. The monoisotopic (exact) mass is 389 g/mol. The molecular formula is C24H27N3O2. The van der Waals surface area contributed by atoms with Gasteiger partial charge in [0, 0.05) is 42.3 Å². The van der Waals surface area contributed by atoms with Crippen LogP contribution in [0.4, 0.5) is 5.69 Å². The van der Waals surface area contributed by atoms with Gasteiger partial charge in [0.05, 0.1) is 5.92 Å². The van der Waals surface area contributed by atoms with E-state index in [-0.39, 0.29) is 24.2 Å². The Morgan fingerprint density at radius 3 is 2.76 bits per heavy atom. The van der Waals surface area contributed by atoms with Gasteiger partial charge in [0.1, 0.15) is 0 Å². The summed E-state index contributed by atoms with van der Waals surface area (Å²) in [5, 5.41) is 4.23. The minimum absolute atomic E-state index is 0.0144. The molecule has 1 saturated heterocycles. The molecule has 4 rings (SSSR count). The molecule has 0 spiro atoms. The average molecular weight is 389 g/mol. The first kappa shape index (κ1) is 19.2. The smallest absolute Gasteiger partial charge is 0.227 e. The second-order valence-electron chi connectivity index (χ2n) is 8.08. The summed E-state index contributed by atoms with van der Waals surface area (Å²) in [5.74, 6) is -0.324. The third-order valence-corrected chi connectivity index (χ3v) is 5.91. The molecule has 3 aromatic rings. The Balaban J connectivity index is 1.36. The van der Waals surface area contributed by atoms with E-state index in [1.807, 2.05) is 31.3 Å². The molecule has 5 heteroatoms. The number of rotatable bonds is 5. The van der Waals surface area contributed by atoms with Crippen molar-refractivity contribution in [3.8, 4) is 0 Å². The number of aromatic amines is 1. The molecule has 0 aliphatic carbocycles. The number of nitrogens with one attached hydrogen (secondary N) is 2. The van der Waals surface area contributed by atoms with E-state index in [1.54, 1.807) is 4.90 Å².